The molecule has 3 rings (SSSR count). The topological polar surface area (TPSA) is 103 Å². The monoisotopic (exact) mass is 479 g/mol. The highest BCUT2D eigenvalue weighted by atomic mass is 35.5. The molecular formula is C25H22ClN3O5. The number of hydrogen-bond acceptors (Lipinski definition) is 6. The third-order valence-electron chi connectivity index (χ3n) is 4.73. The van der Waals surface area contributed by atoms with Crippen molar-refractivity contribution in [2.45, 2.75) is 13.0 Å². The van der Waals surface area contributed by atoms with E-state index in [1.807, 2.05) is 6.07 Å². The number of amides is 1. The minimum Gasteiger partial charge on any atom is -0.493 e. The van der Waals surface area contributed by atoms with Crippen molar-refractivity contribution in [2.75, 3.05) is 7.11 Å². The van der Waals surface area contributed by atoms with E-state index in [4.69, 9.17) is 21.1 Å². The van der Waals surface area contributed by atoms with E-state index in [-0.39, 0.29) is 18.2 Å². The quantitative estimate of drug-likeness (QED) is 0.183. The van der Waals surface area contributed by atoms with Crippen molar-refractivity contribution in [2.24, 2.45) is 5.10 Å². The number of halogens is 1. The van der Waals surface area contributed by atoms with Gasteiger partial charge in [0.2, 0.25) is 0 Å². The van der Waals surface area contributed by atoms with Crippen LogP contribution in [-0.4, -0.2) is 24.2 Å². The van der Waals surface area contributed by atoms with Crippen molar-refractivity contribution in [1.82, 2.24) is 5.43 Å². The highest BCUT2D eigenvalue weighted by Gasteiger charge is 2.14. The van der Waals surface area contributed by atoms with Gasteiger partial charge in [0, 0.05) is 28.3 Å². The van der Waals surface area contributed by atoms with E-state index < -0.39 is 4.92 Å². The number of ether oxygens (including phenoxy) is 2. The Balaban J connectivity index is 1.78. The van der Waals surface area contributed by atoms with E-state index >= 15 is 0 Å². The number of carbonyl (C=O) groups excluding carboxylic acids is 1. The summed E-state index contributed by atoms with van der Waals surface area (Å²) in [5.41, 5.74) is 5.00. The zero-order chi connectivity index (χ0) is 24.5. The third-order valence-corrected chi connectivity index (χ3v) is 4.98. The van der Waals surface area contributed by atoms with Crippen LogP contribution in [0.5, 0.6) is 11.5 Å². The van der Waals surface area contributed by atoms with Crippen molar-refractivity contribution < 1.29 is 19.2 Å². The molecule has 0 aliphatic heterocycles. The van der Waals surface area contributed by atoms with Gasteiger partial charge >= 0.3 is 0 Å². The fourth-order valence-electron chi connectivity index (χ4n) is 3.13. The maximum Gasteiger partial charge on any atom is 0.271 e. The van der Waals surface area contributed by atoms with Gasteiger partial charge in [-0.25, -0.2) is 5.43 Å². The fraction of sp³-hybridized carbons (Fsp3) is 0.120. The molecule has 3 aromatic carbocycles. The van der Waals surface area contributed by atoms with Gasteiger partial charge in [-0.3, -0.25) is 14.9 Å². The van der Waals surface area contributed by atoms with E-state index in [1.165, 1.54) is 25.5 Å². The Morgan fingerprint density at radius 3 is 2.65 bits per heavy atom. The third kappa shape index (κ3) is 6.43. The first-order valence-corrected chi connectivity index (χ1v) is 10.6. The Labute approximate surface area is 201 Å². The molecule has 0 spiro atoms. The molecule has 8 nitrogen and oxygen atoms in total. The number of carbonyl (C=O) groups is 1. The minimum absolute atomic E-state index is 0.00779. The molecular weight excluding hydrogens is 458 g/mol. The minimum atomic E-state index is -0.451. The summed E-state index contributed by atoms with van der Waals surface area (Å²) in [6, 6.07) is 16.2. The van der Waals surface area contributed by atoms with Gasteiger partial charge in [0.05, 0.1) is 18.2 Å². The summed E-state index contributed by atoms with van der Waals surface area (Å²) in [5, 5.41) is 15.6. The van der Waals surface area contributed by atoms with Crippen LogP contribution in [0, 0.1) is 10.1 Å². The van der Waals surface area contributed by atoms with Crippen molar-refractivity contribution in [3.8, 4) is 11.5 Å². The van der Waals surface area contributed by atoms with Crippen LogP contribution in [-0.2, 0) is 13.0 Å². The van der Waals surface area contributed by atoms with Crippen LogP contribution >= 0.6 is 11.6 Å². The Bertz CT molecular complexity index is 1230. The lowest BCUT2D eigenvalue weighted by atomic mass is 10.1. The molecule has 1 N–H and O–H groups in total. The molecule has 1 amide bonds. The molecule has 174 valence electrons. The van der Waals surface area contributed by atoms with Crippen molar-refractivity contribution in [3.05, 3.63) is 111 Å². The predicted molar refractivity (Wildman–Crippen MR) is 131 cm³/mol. The first-order chi connectivity index (χ1) is 16.4. The van der Waals surface area contributed by atoms with Gasteiger partial charge in [-0.05, 0) is 53.9 Å². The number of rotatable bonds is 10. The number of benzene rings is 3. The number of methoxy groups -OCH3 is 1. The lowest BCUT2D eigenvalue weighted by molar-refractivity contribution is -0.384. The molecule has 3 aromatic rings. The lowest BCUT2D eigenvalue weighted by Crippen LogP contribution is -2.17. The average molecular weight is 480 g/mol. The normalized spacial score (nSPS) is 10.6. The highest BCUT2D eigenvalue weighted by Crippen LogP contribution is 2.34. The Morgan fingerprint density at radius 2 is 1.97 bits per heavy atom. The number of hydrogen-bond donors (Lipinski definition) is 1. The number of nitrogens with zero attached hydrogens (tertiary/aromatic N) is 2. The van der Waals surface area contributed by atoms with E-state index in [2.05, 4.69) is 17.1 Å². The van der Waals surface area contributed by atoms with Crippen LogP contribution in [0.2, 0.25) is 5.02 Å². The second-order valence-corrected chi connectivity index (χ2v) is 7.56. The molecule has 0 atom stereocenters. The van der Waals surface area contributed by atoms with Crippen molar-refractivity contribution in [3.63, 3.8) is 0 Å². The van der Waals surface area contributed by atoms with Crippen molar-refractivity contribution in [1.29, 1.82) is 0 Å². The standard InChI is InChI=1S/C25H22ClN3O5/c1-3-5-20-12-18(15-27-28-25(30)19-8-10-21(26)11-9-19)14-23(33-2)24(20)34-16-17-6-4-7-22(13-17)29(31)32/h3-4,6-15H,1,5,16H2,2H3,(H,28,30)/b27-15-. The molecule has 0 aliphatic carbocycles. The van der Waals surface area contributed by atoms with Gasteiger partial charge in [0.1, 0.15) is 6.61 Å². The number of allylic oxidation sites excluding steroid dienone is 1. The van der Waals surface area contributed by atoms with Crippen molar-refractivity contribution >= 4 is 29.4 Å². The molecule has 0 unspecified atom stereocenters. The van der Waals surface area contributed by atoms with E-state index in [0.29, 0.717) is 39.6 Å². The summed E-state index contributed by atoms with van der Waals surface area (Å²) in [6.45, 7) is 3.90. The molecule has 0 saturated heterocycles. The van der Waals surface area contributed by atoms with E-state index in [9.17, 15) is 14.9 Å². The SMILES string of the molecule is C=CCc1cc(/C=N\NC(=O)c2ccc(Cl)cc2)cc(OC)c1OCc1cccc([N+](=O)[O-])c1. The number of non-ortho nitro benzene ring substituents is 1. The number of hydrazone groups is 1. The summed E-state index contributed by atoms with van der Waals surface area (Å²) in [5.74, 6) is 0.578. The Hall–Kier alpha value is -4.17. The molecule has 0 heterocycles. The summed E-state index contributed by atoms with van der Waals surface area (Å²) >= 11 is 5.84. The highest BCUT2D eigenvalue weighted by molar-refractivity contribution is 6.30. The van der Waals surface area contributed by atoms with Gasteiger partial charge < -0.3 is 9.47 Å². The fourth-order valence-corrected chi connectivity index (χ4v) is 3.25. The first kappa shape index (κ1) is 24.5. The van der Waals surface area contributed by atoms with Crippen LogP contribution in [0.3, 0.4) is 0 Å². The smallest absolute Gasteiger partial charge is 0.271 e. The zero-order valence-corrected chi connectivity index (χ0v) is 19.1. The van der Waals surface area contributed by atoms with Crippen LogP contribution in [0.15, 0.2) is 78.4 Å². The molecule has 0 aliphatic rings. The number of nitrogens with one attached hydrogen (secondary N) is 1. The van der Waals surface area contributed by atoms with Crippen LogP contribution in [0.1, 0.15) is 27.0 Å². The predicted octanol–water partition coefficient (Wildman–Crippen LogP) is 5.33. The van der Waals surface area contributed by atoms with Crippen LogP contribution in [0.25, 0.3) is 0 Å². The molecule has 9 heteroatoms. The summed E-state index contributed by atoms with van der Waals surface area (Å²) in [6.07, 6.45) is 3.70. The van der Waals surface area contributed by atoms with Gasteiger partial charge in [-0.2, -0.15) is 5.10 Å². The van der Waals surface area contributed by atoms with E-state index in [1.54, 1.807) is 48.5 Å². The van der Waals surface area contributed by atoms with Gasteiger partial charge in [-0.15, -0.1) is 6.58 Å². The molecule has 0 aromatic heterocycles. The summed E-state index contributed by atoms with van der Waals surface area (Å²) < 4.78 is 11.5. The summed E-state index contributed by atoms with van der Waals surface area (Å²) in [4.78, 5) is 22.8. The first-order valence-electron chi connectivity index (χ1n) is 10.2. The zero-order valence-electron chi connectivity index (χ0n) is 18.4. The second kappa shape index (κ2) is 11.6. The summed E-state index contributed by atoms with van der Waals surface area (Å²) in [7, 11) is 1.51. The average Bonchev–Trinajstić information content (AvgIpc) is 2.83. The van der Waals surface area contributed by atoms with Crippen LogP contribution < -0.4 is 14.9 Å². The van der Waals surface area contributed by atoms with E-state index in [0.717, 1.165) is 5.56 Å². The lowest BCUT2D eigenvalue weighted by Gasteiger charge is -2.16. The van der Waals surface area contributed by atoms with Gasteiger partial charge in [-0.1, -0.05) is 29.8 Å². The maximum absolute atomic E-state index is 12.2. The maximum atomic E-state index is 12.2. The van der Waals surface area contributed by atoms with Crippen LogP contribution in [0.4, 0.5) is 5.69 Å². The Morgan fingerprint density at radius 1 is 1.21 bits per heavy atom. The molecule has 0 radical (unpaired) electrons. The second-order valence-electron chi connectivity index (χ2n) is 7.13. The molecule has 0 saturated carbocycles. The van der Waals surface area contributed by atoms with Gasteiger partial charge in [0.25, 0.3) is 11.6 Å². The number of nitro benzene ring substituents is 1. The Kier molecular flexibility index (Phi) is 8.37. The molecule has 0 fully saturated rings. The molecule has 0 bridgehead atoms. The molecule has 34 heavy (non-hydrogen) atoms. The number of nitro groups is 1. The largest absolute Gasteiger partial charge is 0.493 e. The van der Waals surface area contributed by atoms with Gasteiger partial charge in [0.15, 0.2) is 11.5 Å².